The zero-order chi connectivity index (χ0) is 18.8. The normalized spacial score (nSPS) is 10.1. The van der Waals surface area contributed by atoms with E-state index in [-0.39, 0.29) is 25.0 Å². The number of rotatable bonds is 9. The summed E-state index contributed by atoms with van der Waals surface area (Å²) in [6.07, 6.45) is 0. The molecule has 0 aliphatic rings. The fourth-order valence-electron chi connectivity index (χ4n) is 2.09. The summed E-state index contributed by atoms with van der Waals surface area (Å²) in [5.74, 6) is 0.847. The highest BCUT2D eigenvalue weighted by atomic mass is 16.5. The van der Waals surface area contributed by atoms with E-state index in [1.807, 2.05) is 49.4 Å². The van der Waals surface area contributed by atoms with Gasteiger partial charge in [-0.25, -0.2) is 0 Å². The van der Waals surface area contributed by atoms with Gasteiger partial charge in [-0.1, -0.05) is 35.9 Å². The zero-order valence-corrected chi connectivity index (χ0v) is 15.1. The van der Waals surface area contributed by atoms with Crippen LogP contribution in [0.25, 0.3) is 0 Å². The molecule has 2 aromatic rings. The van der Waals surface area contributed by atoms with Crippen LogP contribution < -0.4 is 14.8 Å². The molecule has 0 fully saturated rings. The molecule has 0 atom stereocenters. The van der Waals surface area contributed by atoms with Gasteiger partial charge in [-0.05, 0) is 31.2 Å². The minimum atomic E-state index is -0.341. The molecule has 0 aliphatic carbocycles. The Morgan fingerprint density at radius 1 is 0.962 bits per heavy atom. The monoisotopic (exact) mass is 356 g/mol. The summed E-state index contributed by atoms with van der Waals surface area (Å²) in [7, 11) is 1.67. The van der Waals surface area contributed by atoms with E-state index in [1.54, 1.807) is 19.2 Å². The van der Waals surface area contributed by atoms with E-state index in [0.29, 0.717) is 18.9 Å². The van der Waals surface area contributed by atoms with Crippen molar-refractivity contribution in [1.82, 2.24) is 10.2 Å². The maximum atomic E-state index is 12.0. The zero-order valence-electron chi connectivity index (χ0n) is 15.1. The van der Waals surface area contributed by atoms with E-state index < -0.39 is 0 Å². The average Bonchev–Trinajstić information content (AvgIpc) is 2.66. The molecule has 0 bridgehead atoms. The lowest BCUT2D eigenvalue weighted by molar-refractivity contribution is -0.132. The third-order valence-corrected chi connectivity index (χ3v) is 3.69. The van der Waals surface area contributed by atoms with Crippen LogP contribution in [0.3, 0.4) is 0 Å². The van der Waals surface area contributed by atoms with Crippen LogP contribution >= 0.6 is 0 Å². The van der Waals surface area contributed by atoms with Crippen molar-refractivity contribution in [2.45, 2.75) is 6.92 Å². The van der Waals surface area contributed by atoms with Gasteiger partial charge in [0.2, 0.25) is 5.91 Å². The van der Waals surface area contributed by atoms with Crippen LogP contribution in [0.15, 0.2) is 54.6 Å². The largest absolute Gasteiger partial charge is 0.492 e. The molecular weight excluding hydrogens is 332 g/mol. The molecule has 2 aromatic carbocycles. The average molecular weight is 356 g/mol. The first-order valence-corrected chi connectivity index (χ1v) is 8.42. The number of aryl methyl sites for hydroxylation is 1. The van der Waals surface area contributed by atoms with Crippen LogP contribution in [0.2, 0.25) is 0 Å². The SMILES string of the molecule is Cc1ccc(OCCN(C)C(=O)CNC(=O)COc2ccccc2)cc1. The third-order valence-electron chi connectivity index (χ3n) is 3.69. The van der Waals surface area contributed by atoms with Gasteiger partial charge in [0, 0.05) is 7.05 Å². The highest BCUT2D eigenvalue weighted by Gasteiger charge is 2.11. The van der Waals surface area contributed by atoms with Crippen molar-refractivity contribution in [2.75, 3.05) is 33.4 Å². The Morgan fingerprint density at radius 2 is 1.62 bits per heavy atom. The highest BCUT2D eigenvalue weighted by Crippen LogP contribution is 2.11. The van der Waals surface area contributed by atoms with Crippen LogP contribution in [0.4, 0.5) is 0 Å². The molecule has 26 heavy (non-hydrogen) atoms. The lowest BCUT2D eigenvalue weighted by Gasteiger charge is -2.18. The number of para-hydroxylation sites is 1. The molecule has 138 valence electrons. The van der Waals surface area contributed by atoms with Gasteiger partial charge in [-0.15, -0.1) is 0 Å². The first-order valence-electron chi connectivity index (χ1n) is 8.42. The molecule has 6 nitrogen and oxygen atoms in total. The summed E-state index contributed by atoms with van der Waals surface area (Å²) in [5, 5.41) is 2.55. The summed E-state index contributed by atoms with van der Waals surface area (Å²) in [5.41, 5.74) is 1.16. The van der Waals surface area contributed by atoms with Gasteiger partial charge < -0.3 is 19.7 Å². The fraction of sp³-hybridized carbons (Fsp3) is 0.300. The molecule has 0 aliphatic heterocycles. The van der Waals surface area contributed by atoms with E-state index in [1.165, 1.54) is 4.90 Å². The minimum absolute atomic E-state index is 0.0714. The van der Waals surface area contributed by atoms with Crippen molar-refractivity contribution in [1.29, 1.82) is 0 Å². The van der Waals surface area contributed by atoms with Crippen molar-refractivity contribution < 1.29 is 19.1 Å². The van der Waals surface area contributed by atoms with Crippen molar-refractivity contribution in [3.63, 3.8) is 0 Å². The Kier molecular flexibility index (Phi) is 7.49. The number of likely N-dealkylation sites (N-methyl/N-ethyl adjacent to an activating group) is 1. The lowest BCUT2D eigenvalue weighted by atomic mass is 10.2. The van der Waals surface area contributed by atoms with Gasteiger partial charge in [-0.2, -0.15) is 0 Å². The number of nitrogens with zero attached hydrogens (tertiary/aromatic N) is 1. The third kappa shape index (κ3) is 6.84. The maximum absolute atomic E-state index is 12.0. The topological polar surface area (TPSA) is 67.9 Å². The number of nitrogens with one attached hydrogen (secondary N) is 1. The number of ether oxygens (including phenoxy) is 2. The molecule has 0 unspecified atom stereocenters. The molecule has 0 saturated carbocycles. The van der Waals surface area contributed by atoms with Gasteiger partial charge in [0.25, 0.3) is 5.91 Å². The molecule has 2 amide bonds. The van der Waals surface area contributed by atoms with Gasteiger partial charge in [0.15, 0.2) is 6.61 Å². The number of hydrogen-bond donors (Lipinski definition) is 1. The summed E-state index contributed by atoms with van der Waals surface area (Å²) in [6.45, 7) is 2.63. The summed E-state index contributed by atoms with van der Waals surface area (Å²) < 4.78 is 10.9. The Hall–Kier alpha value is -3.02. The predicted molar refractivity (Wildman–Crippen MR) is 99.3 cm³/mol. The quantitative estimate of drug-likeness (QED) is 0.746. The van der Waals surface area contributed by atoms with Crippen LogP contribution in [-0.2, 0) is 9.59 Å². The van der Waals surface area contributed by atoms with Crippen molar-refractivity contribution in [3.05, 3.63) is 60.2 Å². The number of benzene rings is 2. The van der Waals surface area contributed by atoms with Gasteiger partial charge >= 0.3 is 0 Å². The first kappa shape index (κ1) is 19.3. The van der Waals surface area contributed by atoms with Gasteiger partial charge in [0.05, 0.1) is 13.1 Å². The molecule has 0 heterocycles. The number of carbonyl (C=O) groups excluding carboxylic acids is 2. The summed E-state index contributed by atoms with van der Waals surface area (Å²) in [6, 6.07) is 16.8. The van der Waals surface area contributed by atoms with E-state index in [4.69, 9.17) is 9.47 Å². The van der Waals surface area contributed by atoms with Gasteiger partial charge in [0.1, 0.15) is 18.1 Å². The Morgan fingerprint density at radius 3 is 2.31 bits per heavy atom. The molecule has 0 aromatic heterocycles. The molecular formula is C20H24N2O4. The second kappa shape index (κ2) is 10.1. The van der Waals surface area contributed by atoms with Crippen LogP contribution in [-0.4, -0.2) is 50.1 Å². The smallest absolute Gasteiger partial charge is 0.258 e. The minimum Gasteiger partial charge on any atom is -0.492 e. The molecule has 0 saturated heterocycles. The van der Waals surface area contributed by atoms with Crippen molar-refractivity contribution in [2.24, 2.45) is 0 Å². The molecule has 6 heteroatoms. The second-order valence-electron chi connectivity index (χ2n) is 5.86. The van der Waals surface area contributed by atoms with Gasteiger partial charge in [-0.3, -0.25) is 9.59 Å². The van der Waals surface area contributed by atoms with E-state index >= 15 is 0 Å². The molecule has 2 rings (SSSR count). The van der Waals surface area contributed by atoms with E-state index in [9.17, 15) is 9.59 Å². The van der Waals surface area contributed by atoms with E-state index in [2.05, 4.69) is 5.32 Å². The number of hydrogen-bond acceptors (Lipinski definition) is 4. The van der Waals surface area contributed by atoms with Crippen molar-refractivity contribution in [3.8, 4) is 11.5 Å². The molecule has 1 N–H and O–H groups in total. The molecule has 0 radical (unpaired) electrons. The summed E-state index contributed by atoms with van der Waals surface area (Å²) >= 11 is 0. The Balaban J connectivity index is 1.61. The lowest BCUT2D eigenvalue weighted by Crippen LogP contribution is -2.41. The van der Waals surface area contributed by atoms with Crippen LogP contribution in [0, 0.1) is 6.92 Å². The number of amides is 2. The highest BCUT2D eigenvalue weighted by molar-refractivity contribution is 5.85. The Bertz CT molecular complexity index is 702. The number of carbonyl (C=O) groups is 2. The fourth-order valence-corrected chi connectivity index (χ4v) is 2.09. The van der Waals surface area contributed by atoms with E-state index in [0.717, 1.165) is 11.3 Å². The summed E-state index contributed by atoms with van der Waals surface area (Å²) in [4.78, 5) is 25.3. The van der Waals surface area contributed by atoms with Crippen LogP contribution in [0.5, 0.6) is 11.5 Å². The standard InChI is InChI=1S/C20H24N2O4/c1-16-8-10-18(11-9-16)25-13-12-22(2)20(24)14-21-19(23)15-26-17-6-4-3-5-7-17/h3-11H,12-15H2,1-2H3,(H,21,23). The first-order chi connectivity index (χ1) is 12.5. The van der Waals surface area contributed by atoms with Crippen LogP contribution in [0.1, 0.15) is 5.56 Å². The second-order valence-corrected chi connectivity index (χ2v) is 5.86. The maximum Gasteiger partial charge on any atom is 0.258 e. The Labute approximate surface area is 153 Å². The molecule has 0 spiro atoms. The predicted octanol–water partition coefficient (Wildman–Crippen LogP) is 2.03. The van der Waals surface area contributed by atoms with Crippen molar-refractivity contribution >= 4 is 11.8 Å².